The fourth-order valence-corrected chi connectivity index (χ4v) is 3.12. The van der Waals surface area contributed by atoms with Crippen LogP contribution >= 0.6 is 0 Å². The van der Waals surface area contributed by atoms with Crippen LogP contribution < -0.4 is 5.32 Å². The number of hydrogen-bond acceptors (Lipinski definition) is 6. The van der Waals surface area contributed by atoms with Crippen LogP contribution in [0.25, 0.3) is 0 Å². The zero-order valence-corrected chi connectivity index (χ0v) is 15.4. The summed E-state index contributed by atoms with van der Waals surface area (Å²) in [6.45, 7) is 1.35. The summed E-state index contributed by atoms with van der Waals surface area (Å²) in [5, 5.41) is 22.6. The van der Waals surface area contributed by atoms with Crippen LogP contribution in [0.4, 0.5) is 4.39 Å². The molecule has 0 bridgehead atoms. The molecule has 1 saturated heterocycles. The van der Waals surface area contributed by atoms with Gasteiger partial charge in [0.15, 0.2) is 0 Å². The summed E-state index contributed by atoms with van der Waals surface area (Å²) in [6.07, 6.45) is -2.03. The number of likely N-dealkylation sites (N-methyl/N-ethyl adjacent to an activating group) is 2. The van der Waals surface area contributed by atoms with Crippen molar-refractivity contribution >= 4 is 5.91 Å². The third-order valence-corrected chi connectivity index (χ3v) is 4.60. The van der Waals surface area contributed by atoms with Gasteiger partial charge < -0.3 is 25.2 Å². The number of nitrogens with one attached hydrogen (secondary N) is 1. The second-order valence-corrected chi connectivity index (χ2v) is 6.88. The molecule has 3 N–H and O–H groups in total. The number of rotatable bonds is 8. The van der Waals surface area contributed by atoms with Crippen molar-refractivity contribution in [3.8, 4) is 0 Å². The first-order chi connectivity index (χ1) is 12.3. The lowest BCUT2D eigenvalue weighted by molar-refractivity contribution is -0.0209. The molecule has 7 nitrogen and oxygen atoms in total. The van der Waals surface area contributed by atoms with Gasteiger partial charge in [-0.05, 0) is 39.3 Å². The highest BCUT2D eigenvalue weighted by Crippen LogP contribution is 2.25. The monoisotopic (exact) mass is 369 g/mol. The Morgan fingerprint density at radius 1 is 1.27 bits per heavy atom. The van der Waals surface area contributed by atoms with E-state index in [0.717, 1.165) is 12.6 Å². The molecular formula is C18H28FN3O4. The number of nitrogens with zero attached hydrogens (tertiary/aromatic N) is 2. The van der Waals surface area contributed by atoms with Crippen LogP contribution in [-0.2, 0) is 4.74 Å². The minimum Gasteiger partial charge on any atom is -0.394 e. The van der Waals surface area contributed by atoms with E-state index in [4.69, 9.17) is 4.74 Å². The lowest BCUT2D eigenvalue weighted by atomic mass is 10.0. The summed E-state index contributed by atoms with van der Waals surface area (Å²) in [5.41, 5.74) is 0.222. The number of carbonyl (C=O) groups is 1. The molecule has 0 aromatic heterocycles. The molecule has 1 aliphatic rings. The Morgan fingerprint density at radius 2 is 2.00 bits per heavy atom. The molecule has 0 saturated carbocycles. The van der Waals surface area contributed by atoms with Gasteiger partial charge in [0.25, 0.3) is 5.91 Å². The van der Waals surface area contributed by atoms with Crippen LogP contribution in [0.5, 0.6) is 0 Å². The number of aliphatic hydroxyl groups excluding tert-OH is 2. The first-order valence-electron chi connectivity index (χ1n) is 8.66. The second kappa shape index (κ2) is 9.38. The summed E-state index contributed by atoms with van der Waals surface area (Å²) in [6, 6.07) is 5.07. The minimum absolute atomic E-state index is 0.153. The van der Waals surface area contributed by atoms with Crippen LogP contribution in [0, 0.1) is 5.82 Å². The van der Waals surface area contributed by atoms with E-state index in [1.54, 1.807) is 0 Å². The van der Waals surface area contributed by atoms with Gasteiger partial charge in [-0.25, -0.2) is 4.39 Å². The van der Waals surface area contributed by atoms with Crippen LogP contribution in [0.2, 0.25) is 0 Å². The second-order valence-electron chi connectivity index (χ2n) is 6.88. The van der Waals surface area contributed by atoms with Gasteiger partial charge in [0.1, 0.15) is 18.0 Å². The number of amides is 1. The van der Waals surface area contributed by atoms with Gasteiger partial charge in [0, 0.05) is 25.2 Å². The third-order valence-electron chi connectivity index (χ3n) is 4.60. The quantitative estimate of drug-likeness (QED) is 0.575. The largest absolute Gasteiger partial charge is 0.394 e. The number of aliphatic hydroxyl groups is 2. The van der Waals surface area contributed by atoms with E-state index in [1.165, 1.54) is 18.2 Å². The lowest BCUT2D eigenvalue weighted by Gasteiger charge is -2.31. The SMILES string of the molecule is CN(C)CCN(C)C1C(CNC(=O)c2cccc(F)c2)OC(CO)C1O. The summed E-state index contributed by atoms with van der Waals surface area (Å²) >= 11 is 0. The summed E-state index contributed by atoms with van der Waals surface area (Å²) in [5.74, 6) is -0.892. The van der Waals surface area contributed by atoms with Crippen LogP contribution in [-0.4, -0.2) is 97.7 Å². The molecule has 146 valence electrons. The predicted molar refractivity (Wildman–Crippen MR) is 95.5 cm³/mol. The molecule has 0 aliphatic carbocycles. The average molecular weight is 369 g/mol. The molecule has 1 heterocycles. The Morgan fingerprint density at radius 3 is 2.62 bits per heavy atom. The molecule has 0 spiro atoms. The molecule has 0 radical (unpaired) electrons. The molecule has 1 aliphatic heterocycles. The van der Waals surface area contributed by atoms with Gasteiger partial charge in [0.2, 0.25) is 0 Å². The van der Waals surface area contributed by atoms with Gasteiger partial charge in [-0.3, -0.25) is 9.69 Å². The standard InChI is InChI=1S/C18H28FN3O4/c1-21(2)7-8-22(3)16-14(26-15(11-23)17(16)24)10-20-18(25)12-5-4-6-13(19)9-12/h4-6,9,14-17,23-24H,7-8,10-11H2,1-3H3,(H,20,25). The maximum atomic E-state index is 13.3. The van der Waals surface area contributed by atoms with Crippen molar-refractivity contribution in [3.63, 3.8) is 0 Å². The first kappa shape index (κ1) is 20.7. The van der Waals surface area contributed by atoms with E-state index in [9.17, 15) is 19.4 Å². The van der Waals surface area contributed by atoms with E-state index in [2.05, 4.69) is 5.32 Å². The predicted octanol–water partition coefficient (Wildman–Crippen LogP) is -0.462. The van der Waals surface area contributed by atoms with Crippen LogP contribution in [0.1, 0.15) is 10.4 Å². The first-order valence-corrected chi connectivity index (χ1v) is 8.66. The molecule has 1 fully saturated rings. The van der Waals surface area contributed by atoms with Crippen molar-refractivity contribution in [1.29, 1.82) is 0 Å². The minimum atomic E-state index is -0.858. The topological polar surface area (TPSA) is 85.3 Å². The van der Waals surface area contributed by atoms with Gasteiger partial charge in [-0.15, -0.1) is 0 Å². The molecular weight excluding hydrogens is 341 g/mol. The molecule has 1 aromatic carbocycles. The van der Waals surface area contributed by atoms with Gasteiger partial charge >= 0.3 is 0 Å². The van der Waals surface area contributed by atoms with E-state index in [1.807, 2.05) is 30.9 Å². The van der Waals surface area contributed by atoms with Crippen LogP contribution in [0.3, 0.4) is 0 Å². The maximum absolute atomic E-state index is 13.3. The van der Waals surface area contributed by atoms with Crippen molar-refractivity contribution in [1.82, 2.24) is 15.1 Å². The molecule has 2 rings (SSSR count). The fraction of sp³-hybridized carbons (Fsp3) is 0.611. The van der Waals surface area contributed by atoms with Crippen LogP contribution in [0.15, 0.2) is 24.3 Å². The molecule has 4 atom stereocenters. The Balaban J connectivity index is 2.01. The van der Waals surface area contributed by atoms with Crippen molar-refractivity contribution in [2.75, 3.05) is 47.4 Å². The summed E-state index contributed by atoms with van der Waals surface area (Å²) in [4.78, 5) is 16.2. The molecule has 1 amide bonds. The van der Waals surface area contributed by atoms with Gasteiger partial charge in [0.05, 0.1) is 18.8 Å². The average Bonchev–Trinajstić information content (AvgIpc) is 2.93. The van der Waals surface area contributed by atoms with Crippen molar-refractivity contribution in [3.05, 3.63) is 35.6 Å². The van der Waals surface area contributed by atoms with Gasteiger partial charge in [-0.1, -0.05) is 6.07 Å². The fourth-order valence-electron chi connectivity index (χ4n) is 3.12. The number of halogens is 1. The van der Waals surface area contributed by atoms with Crippen molar-refractivity contribution in [2.45, 2.75) is 24.4 Å². The van der Waals surface area contributed by atoms with E-state index in [0.29, 0.717) is 6.54 Å². The zero-order chi connectivity index (χ0) is 19.3. The van der Waals surface area contributed by atoms with Crippen molar-refractivity contribution in [2.24, 2.45) is 0 Å². The lowest BCUT2D eigenvalue weighted by Crippen LogP contribution is -2.51. The zero-order valence-electron chi connectivity index (χ0n) is 15.4. The van der Waals surface area contributed by atoms with E-state index >= 15 is 0 Å². The normalized spacial score (nSPS) is 25.8. The van der Waals surface area contributed by atoms with E-state index < -0.39 is 30.0 Å². The third kappa shape index (κ3) is 5.21. The number of ether oxygens (including phenoxy) is 1. The highest BCUT2D eigenvalue weighted by atomic mass is 19.1. The highest BCUT2D eigenvalue weighted by molar-refractivity contribution is 5.94. The molecule has 26 heavy (non-hydrogen) atoms. The number of benzene rings is 1. The molecule has 1 aromatic rings. The highest BCUT2D eigenvalue weighted by Gasteiger charge is 2.45. The summed E-state index contributed by atoms with van der Waals surface area (Å²) in [7, 11) is 5.80. The Kier molecular flexibility index (Phi) is 7.48. The molecule has 4 unspecified atom stereocenters. The van der Waals surface area contributed by atoms with Gasteiger partial charge in [-0.2, -0.15) is 0 Å². The maximum Gasteiger partial charge on any atom is 0.251 e. The number of carbonyl (C=O) groups excluding carboxylic acids is 1. The summed E-state index contributed by atoms with van der Waals surface area (Å²) < 4.78 is 19.0. The smallest absolute Gasteiger partial charge is 0.251 e. The van der Waals surface area contributed by atoms with E-state index in [-0.39, 0.29) is 24.8 Å². The Labute approximate surface area is 153 Å². The molecule has 8 heteroatoms. The Hall–Kier alpha value is -1.58. The Bertz CT molecular complexity index is 602. The number of hydrogen-bond donors (Lipinski definition) is 3. The van der Waals surface area contributed by atoms with Crippen molar-refractivity contribution < 1.29 is 24.1 Å².